The molecule has 3 aromatic rings. The molecule has 0 aliphatic heterocycles. The average molecular weight is 283 g/mol. The van der Waals surface area contributed by atoms with E-state index in [1.807, 2.05) is 57.2 Å². The Hall–Kier alpha value is -2.69. The van der Waals surface area contributed by atoms with Gasteiger partial charge in [0.2, 0.25) is 0 Å². The van der Waals surface area contributed by atoms with E-state index >= 15 is 0 Å². The standard InChI is InChI=1S/C14H11N3O2.C2H6/c1-9-11-7-8-12(10-5-3-2-4-6-10)14(17(18)19)13(11)16-15-9;1-2/h2-8H,1H3,(H,15,16);1-2H3. The van der Waals surface area contributed by atoms with Gasteiger partial charge in [0, 0.05) is 11.1 Å². The van der Waals surface area contributed by atoms with E-state index in [0.29, 0.717) is 11.1 Å². The number of fused-ring (bicyclic) bond motifs is 1. The van der Waals surface area contributed by atoms with E-state index in [1.54, 1.807) is 6.07 Å². The lowest BCUT2D eigenvalue weighted by atomic mass is 10.0. The van der Waals surface area contributed by atoms with Crippen LogP contribution in [0.2, 0.25) is 0 Å². The van der Waals surface area contributed by atoms with Crippen molar-refractivity contribution in [2.24, 2.45) is 0 Å². The molecule has 0 fully saturated rings. The fourth-order valence-corrected chi connectivity index (χ4v) is 2.23. The Balaban J connectivity index is 0.000000774. The molecule has 0 unspecified atom stereocenters. The molecule has 0 amide bonds. The normalized spacial score (nSPS) is 10.0. The second-order valence-corrected chi connectivity index (χ2v) is 4.33. The van der Waals surface area contributed by atoms with Crippen LogP contribution in [-0.4, -0.2) is 15.1 Å². The van der Waals surface area contributed by atoms with Gasteiger partial charge in [-0.3, -0.25) is 15.2 Å². The number of nitrogens with zero attached hydrogens (tertiary/aromatic N) is 2. The second kappa shape index (κ2) is 6.17. The lowest BCUT2D eigenvalue weighted by Crippen LogP contribution is -1.93. The van der Waals surface area contributed by atoms with Crippen LogP contribution in [0.25, 0.3) is 22.0 Å². The van der Waals surface area contributed by atoms with Gasteiger partial charge in [-0.25, -0.2) is 0 Å². The van der Waals surface area contributed by atoms with Crippen molar-refractivity contribution in [3.8, 4) is 11.1 Å². The van der Waals surface area contributed by atoms with Gasteiger partial charge in [0.05, 0.1) is 10.5 Å². The van der Waals surface area contributed by atoms with Gasteiger partial charge in [-0.15, -0.1) is 0 Å². The van der Waals surface area contributed by atoms with Crippen molar-refractivity contribution in [3.05, 3.63) is 58.3 Å². The molecule has 3 rings (SSSR count). The Kier molecular flexibility index (Phi) is 4.33. The average Bonchev–Trinajstić information content (AvgIpc) is 2.90. The zero-order valence-corrected chi connectivity index (χ0v) is 12.3. The number of aromatic amines is 1. The molecule has 0 saturated heterocycles. The topological polar surface area (TPSA) is 71.8 Å². The summed E-state index contributed by atoms with van der Waals surface area (Å²) in [6.07, 6.45) is 0. The summed E-state index contributed by atoms with van der Waals surface area (Å²) in [5.41, 5.74) is 2.69. The molecule has 0 aliphatic rings. The first kappa shape index (κ1) is 14.7. The molecule has 0 radical (unpaired) electrons. The molecule has 0 saturated carbocycles. The molecule has 5 heteroatoms. The number of H-pyrrole nitrogens is 1. The van der Waals surface area contributed by atoms with Crippen LogP contribution < -0.4 is 0 Å². The van der Waals surface area contributed by atoms with E-state index in [-0.39, 0.29) is 10.6 Å². The summed E-state index contributed by atoms with van der Waals surface area (Å²) in [5.74, 6) is 0. The first-order valence-electron chi connectivity index (χ1n) is 6.86. The van der Waals surface area contributed by atoms with E-state index in [2.05, 4.69) is 10.2 Å². The fourth-order valence-electron chi connectivity index (χ4n) is 2.23. The summed E-state index contributed by atoms with van der Waals surface area (Å²) in [5, 5.41) is 19.0. The molecule has 2 aromatic carbocycles. The Morgan fingerprint density at radius 1 is 1.10 bits per heavy atom. The minimum absolute atomic E-state index is 0.0491. The molecule has 0 bridgehead atoms. The van der Waals surface area contributed by atoms with Gasteiger partial charge in [0.25, 0.3) is 0 Å². The molecular formula is C16H17N3O2. The predicted octanol–water partition coefficient (Wildman–Crippen LogP) is 4.47. The van der Waals surface area contributed by atoms with Crippen molar-refractivity contribution < 1.29 is 4.92 Å². The van der Waals surface area contributed by atoms with Crippen LogP contribution in [0.1, 0.15) is 19.5 Å². The summed E-state index contributed by atoms with van der Waals surface area (Å²) >= 11 is 0. The number of aromatic nitrogens is 2. The number of aryl methyl sites for hydroxylation is 1. The summed E-state index contributed by atoms with van der Waals surface area (Å²) in [6.45, 7) is 5.85. The highest BCUT2D eigenvalue weighted by Crippen LogP contribution is 2.36. The van der Waals surface area contributed by atoms with Gasteiger partial charge in [-0.05, 0) is 24.6 Å². The lowest BCUT2D eigenvalue weighted by Gasteiger charge is -2.03. The highest BCUT2D eigenvalue weighted by atomic mass is 16.6. The van der Waals surface area contributed by atoms with Gasteiger partial charge >= 0.3 is 5.69 Å². The van der Waals surface area contributed by atoms with Crippen molar-refractivity contribution >= 4 is 16.6 Å². The predicted molar refractivity (Wildman–Crippen MR) is 84.3 cm³/mol. The van der Waals surface area contributed by atoms with Crippen LogP contribution in [0.4, 0.5) is 5.69 Å². The summed E-state index contributed by atoms with van der Waals surface area (Å²) < 4.78 is 0. The van der Waals surface area contributed by atoms with Crippen LogP contribution in [0.5, 0.6) is 0 Å². The molecule has 0 aliphatic carbocycles. The van der Waals surface area contributed by atoms with E-state index in [9.17, 15) is 10.1 Å². The van der Waals surface area contributed by atoms with Crippen molar-refractivity contribution in [1.29, 1.82) is 0 Å². The molecule has 0 atom stereocenters. The van der Waals surface area contributed by atoms with E-state index in [0.717, 1.165) is 16.6 Å². The maximum absolute atomic E-state index is 11.4. The molecule has 1 N–H and O–H groups in total. The van der Waals surface area contributed by atoms with E-state index in [1.165, 1.54) is 0 Å². The summed E-state index contributed by atoms with van der Waals surface area (Å²) in [7, 11) is 0. The number of rotatable bonds is 2. The fraction of sp³-hybridized carbons (Fsp3) is 0.188. The molecule has 5 nitrogen and oxygen atoms in total. The van der Waals surface area contributed by atoms with Crippen molar-refractivity contribution in [2.45, 2.75) is 20.8 Å². The Morgan fingerprint density at radius 3 is 2.38 bits per heavy atom. The van der Waals surface area contributed by atoms with E-state index in [4.69, 9.17) is 0 Å². The van der Waals surface area contributed by atoms with Crippen LogP contribution in [-0.2, 0) is 0 Å². The van der Waals surface area contributed by atoms with E-state index < -0.39 is 0 Å². The SMILES string of the molecule is CC.Cc1[nH]nc2c([N+](=O)[O-])c(-c3ccccc3)ccc12. The van der Waals surface area contributed by atoms with Gasteiger partial charge < -0.3 is 0 Å². The number of nitrogens with one attached hydrogen (secondary N) is 1. The molecule has 1 aromatic heterocycles. The maximum Gasteiger partial charge on any atom is 0.305 e. The number of benzene rings is 2. The zero-order chi connectivity index (χ0) is 15.4. The first-order chi connectivity index (χ1) is 10.2. The summed E-state index contributed by atoms with van der Waals surface area (Å²) in [4.78, 5) is 11.0. The smallest absolute Gasteiger partial charge is 0.281 e. The Labute approximate surface area is 122 Å². The third-order valence-electron chi connectivity index (χ3n) is 3.16. The third-order valence-corrected chi connectivity index (χ3v) is 3.16. The minimum atomic E-state index is -0.370. The van der Waals surface area contributed by atoms with Crippen molar-refractivity contribution in [2.75, 3.05) is 0 Å². The number of hydrogen-bond donors (Lipinski definition) is 1. The number of hydrogen-bond acceptors (Lipinski definition) is 3. The van der Waals surface area contributed by atoms with Gasteiger partial charge in [0.15, 0.2) is 5.52 Å². The Bertz CT molecular complexity index is 764. The third kappa shape index (κ3) is 2.63. The maximum atomic E-state index is 11.4. The largest absolute Gasteiger partial charge is 0.305 e. The molecule has 108 valence electrons. The van der Waals surface area contributed by atoms with Crippen LogP contribution in [0.3, 0.4) is 0 Å². The number of nitro groups is 1. The van der Waals surface area contributed by atoms with Gasteiger partial charge in [0.1, 0.15) is 0 Å². The Morgan fingerprint density at radius 2 is 1.76 bits per heavy atom. The lowest BCUT2D eigenvalue weighted by molar-refractivity contribution is -0.382. The van der Waals surface area contributed by atoms with Crippen molar-refractivity contribution in [1.82, 2.24) is 10.2 Å². The molecule has 1 heterocycles. The highest BCUT2D eigenvalue weighted by molar-refractivity contribution is 5.96. The minimum Gasteiger partial charge on any atom is -0.281 e. The first-order valence-corrected chi connectivity index (χ1v) is 6.86. The molecular weight excluding hydrogens is 266 g/mol. The van der Waals surface area contributed by atoms with Crippen LogP contribution in [0, 0.1) is 17.0 Å². The number of nitro benzene ring substituents is 1. The van der Waals surface area contributed by atoms with Crippen LogP contribution >= 0.6 is 0 Å². The quantitative estimate of drug-likeness (QED) is 0.557. The zero-order valence-electron chi connectivity index (χ0n) is 12.3. The monoisotopic (exact) mass is 283 g/mol. The van der Waals surface area contributed by atoms with Crippen LogP contribution in [0.15, 0.2) is 42.5 Å². The van der Waals surface area contributed by atoms with Gasteiger partial charge in [-0.2, -0.15) is 5.10 Å². The highest BCUT2D eigenvalue weighted by Gasteiger charge is 2.22. The van der Waals surface area contributed by atoms with Crippen molar-refractivity contribution in [3.63, 3.8) is 0 Å². The molecule has 21 heavy (non-hydrogen) atoms. The molecule has 0 spiro atoms. The second-order valence-electron chi connectivity index (χ2n) is 4.33. The van der Waals surface area contributed by atoms with Gasteiger partial charge in [-0.1, -0.05) is 44.2 Å². The summed E-state index contributed by atoms with van der Waals surface area (Å²) in [6, 6.07) is 13.0.